The number of amides is 1. The second-order valence-electron chi connectivity index (χ2n) is 5.76. The normalized spacial score (nSPS) is 12.6. The number of hydrogen-bond donors (Lipinski definition) is 1. The Morgan fingerprint density at radius 3 is 2.21 bits per heavy atom. The maximum atomic E-state index is 12.1. The molecule has 0 fully saturated rings. The van der Waals surface area contributed by atoms with Gasteiger partial charge < -0.3 is 5.32 Å². The highest BCUT2D eigenvalue weighted by Crippen LogP contribution is 2.17. The Morgan fingerprint density at radius 2 is 1.67 bits per heavy atom. The van der Waals surface area contributed by atoms with Gasteiger partial charge in [-0.05, 0) is 48.7 Å². The Bertz CT molecular complexity index is 799. The molecule has 0 radical (unpaired) electrons. The largest absolute Gasteiger partial charge is 0.350 e. The number of carbonyl (C=O) groups is 1. The molecule has 0 saturated heterocycles. The van der Waals surface area contributed by atoms with Crippen LogP contribution >= 0.6 is 11.6 Å². The molecule has 2 aromatic carbocycles. The molecule has 0 spiro atoms. The van der Waals surface area contributed by atoms with Crippen LogP contribution in [0.15, 0.2) is 53.4 Å². The molecule has 0 aliphatic heterocycles. The number of carbonyl (C=O) groups excluding carboxylic acids is 1. The highest BCUT2D eigenvalue weighted by molar-refractivity contribution is 7.90. The molecule has 1 atom stereocenters. The molecular formula is C18H20ClNO3S. The molecule has 2 rings (SSSR count). The van der Waals surface area contributed by atoms with Gasteiger partial charge in [0.2, 0.25) is 5.91 Å². The fourth-order valence-electron chi connectivity index (χ4n) is 2.31. The third kappa shape index (κ3) is 5.35. The molecular weight excluding hydrogens is 346 g/mol. The van der Waals surface area contributed by atoms with Crippen molar-refractivity contribution in [2.75, 3.05) is 6.26 Å². The summed E-state index contributed by atoms with van der Waals surface area (Å²) in [6.07, 6.45) is 2.19. The summed E-state index contributed by atoms with van der Waals surface area (Å²) in [5.74, 6) is -0.0513. The van der Waals surface area contributed by atoms with E-state index in [2.05, 4.69) is 5.32 Å². The van der Waals surface area contributed by atoms with E-state index in [1.54, 1.807) is 36.4 Å². The van der Waals surface area contributed by atoms with E-state index in [0.29, 0.717) is 17.9 Å². The lowest BCUT2D eigenvalue weighted by atomic mass is 10.1. The van der Waals surface area contributed by atoms with Crippen molar-refractivity contribution in [2.24, 2.45) is 0 Å². The van der Waals surface area contributed by atoms with E-state index in [-0.39, 0.29) is 16.8 Å². The first-order valence-electron chi connectivity index (χ1n) is 7.59. The van der Waals surface area contributed by atoms with Crippen molar-refractivity contribution in [1.29, 1.82) is 0 Å². The first kappa shape index (κ1) is 18.5. The molecule has 0 aliphatic carbocycles. The van der Waals surface area contributed by atoms with Crippen LogP contribution in [0.4, 0.5) is 0 Å². The van der Waals surface area contributed by atoms with Crippen molar-refractivity contribution in [2.45, 2.75) is 30.7 Å². The van der Waals surface area contributed by atoms with Gasteiger partial charge in [-0.3, -0.25) is 4.79 Å². The number of hydrogen-bond acceptors (Lipinski definition) is 3. The van der Waals surface area contributed by atoms with Crippen molar-refractivity contribution in [1.82, 2.24) is 5.32 Å². The number of sulfone groups is 1. The second-order valence-corrected chi connectivity index (χ2v) is 8.21. The van der Waals surface area contributed by atoms with Crippen molar-refractivity contribution >= 4 is 27.3 Å². The van der Waals surface area contributed by atoms with Crippen LogP contribution in [0.3, 0.4) is 0 Å². The lowest BCUT2D eigenvalue weighted by Gasteiger charge is -2.15. The number of benzene rings is 2. The van der Waals surface area contributed by atoms with Crippen LogP contribution in [0.5, 0.6) is 0 Å². The average Bonchev–Trinajstić information content (AvgIpc) is 2.53. The van der Waals surface area contributed by atoms with Gasteiger partial charge in [0.25, 0.3) is 0 Å². The summed E-state index contributed by atoms with van der Waals surface area (Å²) >= 11 is 5.83. The minimum atomic E-state index is -3.21. The fourth-order valence-corrected chi connectivity index (χ4v) is 3.07. The molecule has 1 unspecified atom stereocenters. The van der Waals surface area contributed by atoms with Gasteiger partial charge in [-0.2, -0.15) is 0 Å². The van der Waals surface area contributed by atoms with Crippen LogP contribution in [0.25, 0.3) is 0 Å². The molecule has 0 bridgehead atoms. The fraction of sp³-hybridized carbons (Fsp3) is 0.278. The van der Waals surface area contributed by atoms with Gasteiger partial charge in [-0.25, -0.2) is 8.42 Å². The number of halogens is 1. The van der Waals surface area contributed by atoms with Crippen LogP contribution < -0.4 is 5.32 Å². The minimum absolute atomic E-state index is 0.0513. The first-order chi connectivity index (χ1) is 11.3. The Labute approximate surface area is 147 Å². The molecule has 0 aromatic heterocycles. The maximum absolute atomic E-state index is 12.1. The van der Waals surface area contributed by atoms with Gasteiger partial charge >= 0.3 is 0 Å². The van der Waals surface area contributed by atoms with E-state index in [9.17, 15) is 13.2 Å². The van der Waals surface area contributed by atoms with Crippen molar-refractivity contribution < 1.29 is 13.2 Å². The Hall–Kier alpha value is -1.85. The van der Waals surface area contributed by atoms with E-state index < -0.39 is 9.84 Å². The molecule has 0 saturated carbocycles. The SMILES string of the molecule is CC(NC(=O)CCc1ccc(Cl)cc1)c1ccc(S(C)(=O)=O)cc1. The van der Waals surface area contributed by atoms with Crippen LogP contribution in [-0.2, 0) is 21.1 Å². The van der Waals surface area contributed by atoms with Gasteiger partial charge in [0, 0.05) is 17.7 Å². The molecule has 128 valence electrons. The predicted octanol–water partition coefficient (Wildman–Crippen LogP) is 3.55. The minimum Gasteiger partial charge on any atom is -0.350 e. The van der Waals surface area contributed by atoms with E-state index in [4.69, 9.17) is 11.6 Å². The summed E-state index contributed by atoms with van der Waals surface area (Å²) < 4.78 is 22.9. The van der Waals surface area contributed by atoms with Crippen LogP contribution in [-0.4, -0.2) is 20.6 Å². The number of nitrogens with one attached hydrogen (secondary N) is 1. The summed E-state index contributed by atoms with van der Waals surface area (Å²) in [5.41, 5.74) is 1.92. The number of aryl methyl sites for hydroxylation is 1. The van der Waals surface area contributed by atoms with Gasteiger partial charge in [-0.15, -0.1) is 0 Å². The smallest absolute Gasteiger partial charge is 0.220 e. The molecule has 6 heteroatoms. The quantitative estimate of drug-likeness (QED) is 0.851. The predicted molar refractivity (Wildman–Crippen MR) is 95.9 cm³/mol. The molecule has 0 heterocycles. The van der Waals surface area contributed by atoms with E-state index in [0.717, 1.165) is 11.1 Å². The van der Waals surface area contributed by atoms with Crippen LogP contribution in [0.1, 0.15) is 30.5 Å². The molecule has 0 aliphatic rings. The molecule has 24 heavy (non-hydrogen) atoms. The van der Waals surface area contributed by atoms with Gasteiger partial charge in [0.05, 0.1) is 10.9 Å². The standard InChI is InChI=1S/C18H20ClNO3S/c1-13(15-6-10-17(11-7-15)24(2,22)23)20-18(21)12-5-14-3-8-16(19)9-4-14/h3-4,6-11,13H,5,12H2,1-2H3,(H,20,21). The Kier molecular flexibility index (Phi) is 6.02. The lowest BCUT2D eigenvalue weighted by Crippen LogP contribution is -2.26. The first-order valence-corrected chi connectivity index (χ1v) is 9.86. The van der Waals surface area contributed by atoms with Crippen LogP contribution in [0.2, 0.25) is 5.02 Å². The highest BCUT2D eigenvalue weighted by Gasteiger charge is 2.12. The summed E-state index contributed by atoms with van der Waals surface area (Å²) in [6.45, 7) is 1.87. The molecule has 1 amide bonds. The molecule has 4 nitrogen and oxygen atoms in total. The van der Waals surface area contributed by atoms with Gasteiger partial charge in [-0.1, -0.05) is 35.9 Å². The van der Waals surface area contributed by atoms with Crippen LogP contribution in [0, 0.1) is 0 Å². The lowest BCUT2D eigenvalue weighted by molar-refractivity contribution is -0.121. The summed E-state index contributed by atoms with van der Waals surface area (Å²) in [6, 6.07) is 13.8. The van der Waals surface area contributed by atoms with E-state index >= 15 is 0 Å². The van der Waals surface area contributed by atoms with Gasteiger partial charge in [0.15, 0.2) is 9.84 Å². The topological polar surface area (TPSA) is 63.2 Å². The van der Waals surface area contributed by atoms with E-state index in [1.807, 2.05) is 19.1 Å². The summed E-state index contributed by atoms with van der Waals surface area (Å²) in [5, 5.41) is 3.60. The third-order valence-corrected chi connectivity index (χ3v) is 5.12. The number of rotatable bonds is 6. The van der Waals surface area contributed by atoms with Crippen molar-refractivity contribution in [3.05, 3.63) is 64.7 Å². The van der Waals surface area contributed by atoms with Gasteiger partial charge in [0.1, 0.15) is 0 Å². The maximum Gasteiger partial charge on any atom is 0.220 e. The summed E-state index contributed by atoms with van der Waals surface area (Å²) in [7, 11) is -3.21. The Morgan fingerprint density at radius 1 is 1.08 bits per heavy atom. The monoisotopic (exact) mass is 365 g/mol. The zero-order valence-electron chi connectivity index (χ0n) is 13.6. The zero-order valence-corrected chi connectivity index (χ0v) is 15.2. The third-order valence-electron chi connectivity index (χ3n) is 3.74. The van der Waals surface area contributed by atoms with Crippen molar-refractivity contribution in [3.63, 3.8) is 0 Å². The average molecular weight is 366 g/mol. The summed E-state index contributed by atoms with van der Waals surface area (Å²) in [4.78, 5) is 12.3. The highest BCUT2D eigenvalue weighted by atomic mass is 35.5. The molecule has 2 aromatic rings. The Balaban J connectivity index is 1.90. The second kappa shape index (κ2) is 7.81. The molecule has 1 N–H and O–H groups in total. The zero-order chi connectivity index (χ0) is 17.7. The van der Waals surface area contributed by atoms with Crippen molar-refractivity contribution in [3.8, 4) is 0 Å². The van der Waals surface area contributed by atoms with E-state index in [1.165, 1.54) is 6.26 Å².